The number of rotatable bonds is 9. The normalized spacial score (nSPS) is 11.0. The minimum absolute atomic E-state index is 0.311. The molecule has 0 spiro atoms. The third-order valence-electron chi connectivity index (χ3n) is 5.85. The Hall–Kier alpha value is -3.59. The fraction of sp³-hybridized carbons (Fsp3) is 0.233. The third kappa shape index (κ3) is 4.93. The number of esters is 1. The highest BCUT2D eigenvalue weighted by atomic mass is 16.5. The van der Waals surface area contributed by atoms with Crippen LogP contribution in [0.15, 0.2) is 84.9 Å². The first kappa shape index (κ1) is 22.6. The Morgan fingerprint density at radius 3 is 1.94 bits per heavy atom. The summed E-state index contributed by atoms with van der Waals surface area (Å²) in [6.45, 7) is 8.37. The third-order valence-corrected chi connectivity index (χ3v) is 5.85. The van der Waals surface area contributed by atoms with Crippen LogP contribution in [-0.2, 0) is 16.0 Å². The van der Waals surface area contributed by atoms with E-state index < -0.39 is 0 Å². The van der Waals surface area contributed by atoms with Gasteiger partial charge in [-0.1, -0.05) is 79.4 Å². The van der Waals surface area contributed by atoms with Gasteiger partial charge in [-0.15, -0.1) is 0 Å². The Morgan fingerprint density at radius 2 is 1.39 bits per heavy atom. The Labute approximate surface area is 195 Å². The van der Waals surface area contributed by atoms with Gasteiger partial charge in [0.1, 0.15) is 5.75 Å². The molecular weight excluding hydrogens is 408 g/mol. The highest BCUT2D eigenvalue weighted by Gasteiger charge is 2.15. The number of hydrogen-bond donors (Lipinski definition) is 0. The van der Waals surface area contributed by atoms with Gasteiger partial charge in [-0.25, -0.2) is 4.79 Å². The standard InChI is InChI=1S/C30H30O3/c1-4-32-29-26-14-7-5-12-24(26)28(25-13-6-8-15-27(25)29)23-18-16-22(17-19-23)11-9-10-20-33-30(31)21(2)3/h5-8,12-19H,2,4,9-11,20H2,1,3H3. The fourth-order valence-electron chi connectivity index (χ4n) is 4.26. The average Bonchev–Trinajstić information content (AvgIpc) is 2.84. The van der Waals surface area contributed by atoms with Crippen molar-refractivity contribution in [2.45, 2.75) is 33.1 Å². The highest BCUT2D eigenvalue weighted by Crippen LogP contribution is 2.43. The summed E-state index contributed by atoms with van der Waals surface area (Å²) < 4.78 is 11.3. The fourth-order valence-corrected chi connectivity index (χ4v) is 4.26. The van der Waals surface area contributed by atoms with Crippen LogP contribution in [0.1, 0.15) is 32.3 Å². The SMILES string of the molecule is C=C(C)C(=O)OCCCCc1ccc(-c2c3ccccc3c(OCC)c3ccccc23)cc1. The second-order valence-electron chi connectivity index (χ2n) is 8.30. The number of benzene rings is 4. The maximum atomic E-state index is 11.5. The first-order valence-corrected chi connectivity index (χ1v) is 11.6. The molecule has 0 heterocycles. The number of ether oxygens (including phenoxy) is 2. The molecule has 33 heavy (non-hydrogen) atoms. The lowest BCUT2D eigenvalue weighted by molar-refractivity contribution is -0.139. The van der Waals surface area contributed by atoms with Crippen molar-refractivity contribution in [1.29, 1.82) is 0 Å². The molecule has 3 heteroatoms. The van der Waals surface area contributed by atoms with Crippen molar-refractivity contribution < 1.29 is 14.3 Å². The molecule has 0 unspecified atom stereocenters. The van der Waals surface area contributed by atoms with E-state index in [-0.39, 0.29) is 5.97 Å². The van der Waals surface area contributed by atoms with Gasteiger partial charge in [0.15, 0.2) is 0 Å². The van der Waals surface area contributed by atoms with E-state index in [9.17, 15) is 4.79 Å². The Bertz CT molecular complexity index is 1230. The summed E-state index contributed by atoms with van der Waals surface area (Å²) in [5.41, 5.74) is 4.16. The molecule has 4 aromatic carbocycles. The van der Waals surface area contributed by atoms with Crippen molar-refractivity contribution in [2.75, 3.05) is 13.2 Å². The van der Waals surface area contributed by atoms with Crippen LogP contribution in [0.2, 0.25) is 0 Å². The predicted octanol–water partition coefficient (Wildman–Crippen LogP) is 7.50. The molecule has 0 aliphatic heterocycles. The number of carbonyl (C=O) groups excluding carboxylic acids is 1. The van der Waals surface area contributed by atoms with E-state index in [0.29, 0.717) is 18.8 Å². The molecule has 0 N–H and O–H groups in total. The molecule has 0 saturated carbocycles. The van der Waals surface area contributed by atoms with E-state index >= 15 is 0 Å². The lowest BCUT2D eigenvalue weighted by Gasteiger charge is -2.17. The minimum Gasteiger partial charge on any atom is -0.493 e. The van der Waals surface area contributed by atoms with Crippen molar-refractivity contribution in [3.05, 3.63) is 90.5 Å². The summed E-state index contributed by atoms with van der Waals surface area (Å²) >= 11 is 0. The number of aryl methyl sites for hydroxylation is 1. The molecule has 0 aromatic heterocycles. The van der Waals surface area contributed by atoms with Crippen LogP contribution >= 0.6 is 0 Å². The van der Waals surface area contributed by atoms with Crippen molar-refractivity contribution in [2.24, 2.45) is 0 Å². The van der Waals surface area contributed by atoms with E-state index in [1.165, 1.54) is 27.5 Å². The molecule has 0 saturated heterocycles. The molecule has 0 radical (unpaired) electrons. The van der Waals surface area contributed by atoms with Crippen LogP contribution in [-0.4, -0.2) is 19.2 Å². The van der Waals surface area contributed by atoms with Crippen molar-refractivity contribution >= 4 is 27.5 Å². The number of carbonyl (C=O) groups is 1. The van der Waals surface area contributed by atoms with E-state index in [1.807, 2.05) is 6.92 Å². The largest absolute Gasteiger partial charge is 0.493 e. The molecule has 0 aliphatic rings. The number of fused-ring (bicyclic) bond motifs is 2. The lowest BCUT2D eigenvalue weighted by Crippen LogP contribution is -2.06. The van der Waals surface area contributed by atoms with Gasteiger partial charge in [-0.3, -0.25) is 0 Å². The maximum Gasteiger partial charge on any atom is 0.333 e. The monoisotopic (exact) mass is 438 g/mol. The molecule has 0 fully saturated rings. The second-order valence-corrected chi connectivity index (χ2v) is 8.30. The Balaban J connectivity index is 1.60. The van der Waals surface area contributed by atoms with Crippen molar-refractivity contribution in [1.82, 2.24) is 0 Å². The topological polar surface area (TPSA) is 35.5 Å². The second kappa shape index (κ2) is 10.4. The van der Waals surface area contributed by atoms with E-state index in [1.54, 1.807) is 6.92 Å². The molecule has 168 valence electrons. The molecule has 4 aromatic rings. The van der Waals surface area contributed by atoms with Gasteiger partial charge in [0.2, 0.25) is 0 Å². The van der Waals surface area contributed by atoms with Gasteiger partial charge in [0.25, 0.3) is 0 Å². The molecule has 0 aliphatic carbocycles. The van der Waals surface area contributed by atoms with E-state index in [0.717, 1.165) is 35.8 Å². The summed E-state index contributed by atoms with van der Waals surface area (Å²) in [6, 6.07) is 25.8. The summed E-state index contributed by atoms with van der Waals surface area (Å²) in [5.74, 6) is 0.644. The average molecular weight is 439 g/mol. The van der Waals surface area contributed by atoms with Crippen LogP contribution in [0.4, 0.5) is 0 Å². The molecule has 0 atom stereocenters. The molecule has 4 rings (SSSR count). The Kier molecular flexibility index (Phi) is 7.09. The first-order valence-electron chi connectivity index (χ1n) is 11.6. The van der Waals surface area contributed by atoms with Gasteiger partial charge in [-0.2, -0.15) is 0 Å². The summed E-state index contributed by atoms with van der Waals surface area (Å²) in [5, 5.41) is 4.68. The quantitative estimate of drug-likeness (QED) is 0.117. The van der Waals surface area contributed by atoms with Gasteiger partial charge in [0, 0.05) is 16.3 Å². The molecule has 0 bridgehead atoms. The van der Waals surface area contributed by atoms with Crippen molar-refractivity contribution in [3.8, 4) is 16.9 Å². The van der Waals surface area contributed by atoms with Gasteiger partial charge >= 0.3 is 5.97 Å². The zero-order chi connectivity index (χ0) is 23.2. The van der Waals surface area contributed by atoms with Crippen LogP contribution < -0.4 is 4.74 Å². The van der Waals surface area contributed by atoms with Crippen LogP contribution in [0.5, 0.6) is 5.75 Å². The molecular formula is C30H30O3. The van der Waals surface area contributed by atoms with E-state index in [4.69, 9.17) is 9.47 Å². The Morgan fingerprint density at radius 1 is 0.818 bits per heavy atom. The maximum absolute atomic E-state index is 11.5. The van der Waals surface area contributed by atoms with Crippen LogP contribution in [0.3, 0.4) is 0 Å². The lowest BCUT2D eigenvalue weighted by atomic mass is 9.90. The minimum atomic E-state index is -0.311. The smallest absolute Gasteiger partial charge is 0.333 e. The summed E-state index contributed by atoms with van der Waals surface area (Å²) in [6.07, 6.45) is 2.77. The number of unbranched alkanes of at least 4 members (excludes halogenated alkanes) is 1. The van der Waals surface area contributed by atoms with Crippen LogP contribution in [0, 0.1) is 0 Å². The van der Waals surface area contributed by atoms with Crippen LogP contribution in [0.25, 0.3) is 32.7 Å². The molecule has 3 nitrogen and oxygen atoms in total. The highest BCUT2D eigenvalue weighted by molar-refractivity contribution is 6.16. The zero-order valence-electron chi connectivity index (χ0n) is 19.4. The number of hydrogen-bond acceptors (Lipinski definition) is 3. The zero-order valence-corrected chi connectivity index (χ0v) is 19.4. The van der Waals surface area contributed by atoms with Crippen molar-refractivity contribution in [3.63, 3.8) is 0 Å². The molecule has 0 amide bonds. The predicted molar refractivity (Wildman–Crippen MR) is 137 cm³/mol. The van der Waals surface area contributed by atoms with Gasteiger partial charge in [0.05, 0.1) is 13.2 Å². The van der Waals surface area contributed by atoms with E-state index in [2.05, 4.69) is 79.4 Å². The first-order chi connectivity index (χ1) is 16.1. The summed E-state index contributed by atoms with van der Waals surface area (Å²) in [7, 11) is 0. The van der Waals surface area contributed by atoms with Gasteiger partial charge in [-0.05, 0) is 60.6 Å². The van der Waals surface area contributed by atoms with Gasteiger partial charge < -0.3 is 9.47 Å². The summed E-state index contributed by atoms with van der Waals surface area (Å²) in [4.78, 5) is 11.5.